The van der Waals surface area contributed by atoms with Gasteiger partial charge in [-0.3, -0.25) is 9.69 Å². The Morgan fingerprint density at radius 2 is 1.69 bits per heavy atom. The highest BCUT2D eigenvalue weighted by Gasteiger charge is 2.27. The lowest BCUT2D eigenvalue weighted by atomic mass is 9.96. The minimum Gasteiger partial charge on any atom is -0.324 e. The molecule has 1 saturated heterocycles. The SMILES string of the molecule is O=C(Nc1cccc(Cl)c1Cl)C1CCCN(Cc2c(Cl)cccc2Cl)C1. The van der Waals surface area contributed by atoms with Crippen molar-refractivity contribution >= 4 is 58.0 Å². The van der Waals surface area contributed by atoms with Crippen LogP contribution in [-0.4, -0.2) is 23.9 Å². The maximum Gasteiger partial charge on any atom is 0.228 e. The molecule has 0 bridgehead atoms. The Kier molecular flexibility index (Phi) is 6.70. The van der Waals surface area contributed by atoms with Gasteiger partial charge in [0.25, 0.3) is 0 Å². The summed E-state index contributed by atoms with van der Waals surface area (Å²) in [5.41, 5.74) is 1.44. The number of hydrogen-bond donors (Lipinski definition) is 1. The van der Waals surface area contributed by atoms with E-state index >= 15 is 0 Å². The maximum absolute atomic E-state index is 12.7. The third-order valence-electron chi connectivity index (χ3n) is 4.53. The molecule has 1 N–H and O–H groups in total. The van der Waals surface area contributed by atoms with Crippen LogP contribution in [0, 0.1) is 5.92 Å². The molecule has 2 aromatic carbocycles. The fourth-order valence-electron chi connectivity index (χ4n) is 3.16. The molecule has 3 rings (SSSR count). The quantitative estimate of drug-likeness (QED) is 0.629. The maximum atomic E-state index is 12.7. The molecular formula is C19H18Cl4N2O. The number of rotatable bonds is 4. The van der Waals surface area contributed by atoms with Crippen molar-refractivity contribution in [1.82, 2.24) is 4.90 Å². The predicted octanol–water partition coefficient (Wildman–Crippen LogP) is 6.15. The summed E-state index contributed by atoms with van der Waals surface area (Å²) in [4.78, 5) is 14.9. The Hall–Kier alpha value is -0.970. The van der Waals surface area contributed by atoms with Crippen molar-refractivity contribution in [1.29, 1.82) is 0 Å². The molecule has 0 spiro atoms. The molecule has 1 aliphatic rings. The number of amides is 1. The van der Waals surface area contributed by atoms with Gasteiger partial charge in [0.2, 0.25) is 5.91 Å². The summed E-state index contributed by atoms with van der Waals surface area (Å²) in [6.07, 6.45) is 1.76. The third kappa shape index (κ3) is 4.65. The van der Waals surface area contributed by atoms with E-state index in [1.54, 1.807) is 18.2 Å². The van der Waals surface area contributed by atoms with E-state index in [-0.39, 0.29) is 11.8 Å². The topological polar surface area (TPSA) is 32.3 Å². The standard InChI is InChI=1S/C19H18Cl4N2O/c20-14-5-1-6-15(21)13(14)11-25-9-3-4-12(10-25)19(26)24-17-8-2-7-16(22)18(17)23/h1-2,5-8,12H,3-4,9-11H2,(H,24,26). The number of carbonyl (C=O) groups excluding carboxylic acids is 1. The van der Waals surface area contributed by atoms with Crippen LogP contribution in [0.4, 0.5) is 5.69 Å². The molecule has 1 aliphatic heterocycles. The molecule has 7 heteroatoms. The Bertz CT molecular complexity index is 792. The van der Waals surface area contributed by atoms with Crippen LogP contribution in [0.25, 0.3) is 0 Å². The van der Waals surface area contributed by atoms with Gasteiger partial charge in [-0.25, -0.2) is 0 Å². The largest absolute Gasteiger partial charge is 0.324 e. The average molecular weight is 432 g/mol. The highest BCUT2D eigenvalue weighted by atomic mass is 35.5. The zero-order chi connectivity index (χ0) is 18.7. The van der Waals surface area contributed by atoms with Crippen molar-refractivity contribution in [2.45, 2.75) is 19.4 Å². The zero-order valence-electron chi connectivity index (χ0n) is 13.9. The van der Waals surface area contributed by atoms with Gasteiger partial charge in [0, 0.05) is 28.7 Å². The molecule has 0 radical (unpaired) electrons. The van der Waals surface area contributed by atoms with Crippen LogP contribution >= 0.6 is 46.4 Å². The first-order valence-electron chi connectivity index (χ1n) is 8.36. The molecule has 0 aromatic heterocycles. The van der Waals surface area contributed by atoms with E-state index in [9.17, 15) is 4.79 Å². The fraction of sp³-hybridized carbons (Fsp3) is 0.316. The Labute approximate surface area is 173 Å². The van der Waals surface area contributed by atoms with Gasteiger partial charge in [-0.1, -0.05) is 58.5 Å². The highest BCUT2D eigenvalue weighted by molar-refractivity contribution is 6.44. The normalized spacial score (nSPS) is 17.9. The summed E-state index contributed by atoms with van der Waals surface area (Å²) < 4.78 is 0. The number of halogens is 4. The molecule has 1 heterocycles. The Balaban J connectivity index is 1.66. The van der Waals surface area contributed by atoms with Gasteiger partial charge in [0.05, 0.1) is 21.7 Å². The second-order valence-corrected chi connectivity index (χ2v) is 7.96. The monoisotopic (exact) mass is 430 g/mol. The number of likely N-dealkylation sites (tertiary alicyclic amines) is 1. The summed E-state index contributed by atoms with van der Waals surface area (Å²) in [5, 5.41) is 4.97. The van der Waals surface area contributed by atoms with Gasteiger partial charge < -0.3 is 5.32 Å². The van der Waals surface area contributed by atoms with Gasteiger partial charge in [-0.15, -0.1) is 0 Å². The average Bonchev–Trinajstić information content (AvgIpc) is 2.62. The van der Waals surface area contributed by atoms with E-state index in [2.05, 4.69) is 10.2 Å². The van der Waals surface area contributed by atoms with Gasteiger partial charge in [-0.2, -0.15) is 0 Å². The lowest BCUT2D eigenvalue weighted by molar-refractivity contribution is -0.121. The van der Waals surface area contributed by atoms with Crippen molar-refractivity contribution in [2.24, 2.45) is 5.92 Å². The van der Waals surface area contributed by atoms with Crippen LogP contribution in [0.2, 0.25) is 20.1 Å². The molecule has 1 atom stereocenters. The molecule has 138 valence electrons. The van der Waals surface area contributed by atoms with Crippen LogP contribution in [0.1, 0.15) is 18.4 Å². The summed E-state index contributed by atoms with van der Waals surface area (Å²) in [6, 6.07) is 10.7. The van der Waals surface area contributed by atoms with E-state index in [1.165, 1.54) is 0 Å². The number of anilines is 1. The van der Waals surface area contributed by atoms with Gasteiger partial charge >= 0.3 is 0 Å². The number of benzene rings is 2. The van der Waals surface area contributed by atoms with E-state index in [4.69, 9.17) is 46.4 Å². The third-order valence-corrected chi connectivity index (χ3v) is 6.06. The summed E-state index contributed by atoms with van der Waals surface area (Å²) in [6.45, 7) is 2.18. The van der Waals surface area contributed by atoms with Gasteiger partial charge in [0.15, 0.2) is 0 Å². The van der Waals surface area contributed by atoms with Gasteiger partial charge in [-0.05, 0) is 43.7 Å². The molecule has 26 heavy (non-hydrogen) atoms. The van der Waals surface area contributed by atoms with Crippen LogP contribution in [0.15, 0.2) is 36.4 Å². The second-order valence-electron chi connectivity index (χ2n) is 6.37. The smallest absolute Gasteiger partial charge is 0.228 e. The van der Waals surface area contributed by atoms with Crippen LogP contribution < -0.4 is 5.32 Å². The van der Waals surface area contributed by atoms with Crippen molar-refractivity contribution in [3.8, 4) is 0 Å². The Morgan fingerprint density at radius 3 is 2.42 bits per heavy atom. The van der Waals surface area contributed by atoms with E-state index in [0.29, 0.717) is 38.9 Å². The minimum absolute atomic E-state index is 0.0517. The molecule has 1 unspecified atom stereocenters. The van der Waals surface area contributed by atoms with Crippen LogP contribution in [-0.2, 0) is 11.3 Å². The van der Waals surface area contributed by atoms with Crippen molar-refractivity contribution < 1.29 is 4.79 Å². The van der Waals surface area contributed by atoms with Gasteiger partial charge in [0.1, 0.15) is 0 Å². The summed E-state index contributed by atoms with van der Waals surface area (Å²) in [7, 11) is 0. The van der Waals surface area contributed by atoms with E-state index < -0.39 is 0 Å². The van der Waals surface area contributed by atoms with E-state index in [1.807, 2.05) is 18.2 Å². The zero-order valence-corrected chi connectivity index (χ0v) is 17.0. The summed E-state index contributed by atoms with van der Waals surface area (Å²) >= 11 is 24.7. The molecule has 0 aliphatic carbocycles. The fourth-order valence-corrected chi connectivity index (χ4v) is 4.02. The molecule has 2 aromatic rings. The Morgan fingerprint density at radius 1 is 1.04 bits per heavy atom. The molecule has 1 amide bonds. The molecule has 0 saturated carbocycles. The lowest BCUT2D eigenvalue weighted by Gasteiger charge is -2.32. The first kappa shape index (κ1) is 19.8. The number of hydrogen-bond acceptors (Lipinski definition) is 2. The van der Waals surface area contributed by atoms with Crippen LogP contribution in [0.5, 0.6) is 0 Å². The van der Waals surface area contributed by atoms with Crippen molar-refractivity contribution in [2.75, 3.05) is 18.4 Å². The van der Waals surface area contributed by atoms with E-state index in [0.717, 1.165) is 24.9 Å². The number of piperidine rings is 1. The first-order chi connectivity index (χ1) is 12.5. The van der Waals surface area contributed by atoms with Crippen molar-refractivity contribution in [3.05, 3.63) is 62.1 Å². The lowest BCUT2D eigenvalue weighted by Crippen LogP contribution is -2.40. The van der Waals surface area contributed by atoms with Crippen LogP contribution in [0.3, 0.4) is 0 Å². The second kappa shape index (κ2) is 8.81. The first-order valence-corrected chi connectivity index (χ1v) is 9.87. The number of nitrogens with one attached hydrogen (secondary N) is 1. The summed E-state index contributed by atoms with van der Waals surface area (Å²) in [5.74, 6) is -0.177. The molecule has 3 nitrogen and oxygen atoms in total. The predicted molar refractivity (Wildman–Crippen MR) is 110 cm³/mol. The molecular weight excluding hydrogens is 414 g/mol. The number of nitrogens with zero attached hydrogens (tertiary/aromatic N) is 1. The van der Waals surface area contributed by atoms with Crippen molar-refractivity contribution in [3.63, 3.8) is 0 Å². The highest BCUT2D eigenvalue weighted by Crippen LogP contribution is 2.31. The minimum atomic E-state index is -0.125. The molecule has 1 fully saturated rings. The number of carbonyl (C=O) groups is 1.